The van der Waals surface area contributed by atoms with Crippen LogP contribution in [-0.4, -0.2) is 17.9 Å². The van der Waals surface area contributed by atoms with Gasteiger partial charge in [0, 0.05) is 11.6 Å². The van der Waals surface area contributed by atoms with Crippen molar-refractivity contribution in [1.82, 2.24) is 5.32 Å². The number of para-hydroxylation sites is 1. The maximum absolute atomic E-state index is 13.0. The molecular weight excluding hydrogens is 360 g/mol. The van der Waals surface area contributed by atoms with E-state index in [2.05, 4.69) is 22.8 Å². The van der Waals surface area contributed by atoms with Crippen molar-refractivity contribution in [3.05, 3.63) is 101 Å². The highest BCUT2D eigenvalue weighted by molar-refractivity contribution is 6.09. The molecule has 0 saturated carbocycles. The first-order valence-electron chi connectivity index (χ1n) is 9.87. The molecule has 0 fully saturated rings. The summed E-state index contributed by atoms with van der Waals surface area (Å²) in [6.45, 7) is 3.81. The highest BCUT2D eigenvalue weighted by atomic mass is 16.2. The monoisotopic (exact) mass is 386 g/mol. The Labute approximate surface area is 172 Å². The van der Waals surface area contributed by atoms with Gasteiger partial charge in [0.25, 0.3) is 11.8 Å². The summed E-state index contributed by atoms with van der Waals surface area (Å²) in [5.74, 6) is -0.410. The maximum atomic E-state index is 13.0. The molecule has 0 spiro atoms. The van der Waals surface area contributed by atoms with E-state index in [1.54, 1.807) is 18.2 Å². The van der Waals surface area contributed by atoms with Crippen LogP contribution in [0, 0.1) is 0 Å². The van der Waals surface area contributed by atoms with Gasteiger partial charge in [-0.2, -0.15) is 0 Å². The molecule has 0 radical (unpaired) electrons. The van der Waals surface area contributed by atoms with Crippen molar-refractivity contribution in [3.8, 4) is 0 Å². The van der Waals surface area contributed by atoms with E-state index in [0.717, 1.165) is 18.4 Å². The van der Waals surface area contributed by atoms with E-state index in [1.807, 2.05) is 62.4 Å². The topological polar surface area (TPSA) is 58.2 Å². The third kappa shape index (κ3) is 5.55. The molecule has 0 atom stereocenters. The molecule has 4 nitrogen and oxygen atoms in total. The maximum Gasteiger partial charge on any atom is 0.255 e. The van der Waals surface area contributed by atoms with Crippen LogP contribution >= 0.6 is 0 Å². The Morgan fingerprint density at radius 2 is 1.34 bits per heavy atom. The Bertz CT molecular complexity index is 981. The fourth-order valence-corrected chi connectivity index (χ4v) is 3.20. The number of nitrogens with one attached hydrogen (secondary N) is 2. The molecular formula is C25H26N2O2. The lowest BCUT2D eigenvalue weighted by atomic mass is 9.99. The summed E-state index contributed by atoms with van der Waals surface area (Å²) in [5.41, 5.74) is 3.81. The number of aryl methyl sites for hydroxylation is 2. The average Bonchev–Trinajstić information content (AvgIpc) is 2.73. The first-order valence-corrected chi connectivity index (χ1v) is 9.87. The van der Waals surface area contributed by atoms with E-state index in [0.29, 0.717) is 16.8 Å². The minimum absolute atomic E-state index is 0.0185. The van der Waals surface area contributed by atoms with E-state index in [1.165, 1.54) is 5.56 Å². The largest absolute Gasteiger partial charge is 0.350 e. The molecule has 0 heterocycles. The molecule has 4 heteroatoms. The van der Waals surface area contributed by atoms with Crippen LogP contribution in [0.3, 0.4) is 0 Å². The van der Waals surface area contributed by atoms with E-state index < -0.39 is 0 Å². The zero-order valence-corrected chi connectivity index (χ0v) is 16.8. The van der Waals surface area contributed by atoms with Crippen molar-refractivity contribution in [3.63, 3.8) is 0 Å². The molecule has 2 amide bonds. The Kier molecular flexibility index (Phi) is 6.80. The van der Waals surface area contributed by atoms with Crippen LogP contribution in [0.25, 0.3) is 0 Å². The van der Waals surface area contributed by atoms with Gasteiger partial charge in [0.1, 0.15) is 0 Å². The van der Waals surface area contributed by atoms with Crippen molar-refractivity contribution in [1.29, 1.82) is 0 Å². The molecule has 2 N–H and O–H groups in total. The molecule has 0 aliphatic rings. The fraction of sp³-hybridized carbons (Fsp3) is 0.200. The minimum atomic E-state index is -0.210. The van der Waals surface area contributed by atoms with E-state index in [-0.39, 0.29) is 17.9 Å². The summed E-state index contributed by atoms with van der Waals surface area (Å²) in [6.07, 6.45) is 1.63. The second-order valence-corrected chi connectivity index (χ2v) is 7.27. The highest BCUT2D eigenvalue weighted by Gasteiger charge is 2.16. The molecule has 29 heavy (non-hydrogen) atoms. The molecule has 0 aromatic heterocycles. The normalized spacial score (nSPS) is 10.6. The van der Waals surface area contributed by atoms with Crippen LogP contribution in [0.2, 0.25) is 0 Å². The van der Waals surface area contributed by atoms with Crippen molar-refractivity contribution in [2.75, 3.05) is 5.32 Å². The van der Waals surface area contributed by atoms with Crippen molar-refractivity contribution >= 4 is 17.5 Å². The van der Waals surface area contributed by atoms with E-state index >= 15 is 0 Å². The Morgan fingerprint density at radius 3 is 2.07 bits per heavy atom. The predicted molar refractivity (Wildman–Crippen MR) is 117 cm³/mol. The highest BCUT2D eigenvalue weighted by Crippen LogP contribution is 2.19. The molecule has 0 unspecified atom stereocenters. The summed E-state index contributed by atoms with van der Waals surface area (Å²) < 4.78 is 0. The summed E-state index contributed by atoms with van der Waals surface area (Å²) >= 11 is 0. The van der Waals surface area contributed by atoms with Crippen LogP contribution < -0.4 is 10.6 Å². The van der Waals surface area contributed by atoms with Crippen molar-refractivity contribution in [2.45, 2.75) is 32.7 Å². The van der Waals surface area contributed by atoms with E-state index in [4.69, 9.17) is 0 Å². The quantitative estimate of drug-likeness (QED) is 0.609. The lowest BCUT2D eigenvalue weighted by Crippen LogP contribution is -2.31. The zero-order valence-electron chi connectivity index (χ0n) is 16.8. The second kappa shape index (κ2) is 9.69. The first-order chi connectivity index (χ1) is 14.0. The van der Waals surface area contributed by atoms with Gasteiger partial charge < -0.3 is 10.6 Å². The van der Waals surface area contributed by atoms with Gasteiger partial charge in [-0.1, -0.05) is 60.7 Å². The minimum Gasteiger partial charge on any atom is -0.350 e. The van der Waals surface area contributed by atoms with Gasteiger partial charge in [-0.05, 0) is 56.0 Å². The van der Waals surface area contributed by atoms with Gasteiger partial charge in [0.2, 0.25) is 0 Å². The average molecular weight is 386 g/mol. The van der Waals surface area contributed by atoms with E-state index in [9.17, 15) is 9.59 Å². The Balaban J connectivity index is 1.78. The van der Waals surface area contributed by atoms with Crippen LogP contribution in [0.15, 0.2) is 78.9 Å². The molecule has 148 valence electrons. The summed E-state index contributed by atoms with van der Waals surface area (Å²) in [6, 6.07) is 24.9. The number of carbonyl (C=O) groups excluding carboxylic acids is 2. The number of anilines is 1. The summed E-state index contributed by atoms with van der Waals surface area (Å²) in [7, 11) is 0. The number of rotatable bonds is 7. The van der Waals surface area contributed by atoms with Gasteiger partial charge in [-0.3, -0.25) is 9.59 Å². The summed E-state index contributed by atoms with van der Waals surface area (Å²) in [4.78, 5) is 25.5. The fourth-order valence-electron chi connectivity index (χ4n) is 3.20. The zero-order chi connectivity index (χ0) is 20.6. The summed E-state index contributed by atoms with van der Waals surface area (Å²) in [5, 5.41) is 5.79. The van der Waals surface area contributed by atoms with Gasteiger partial charge in [-0.25, -0.2) is 0 Å². The number of benzene rings is 3. The number of carbonyl (C=O) groups is 2. The van der Waals surface area contributed by atoms with Gasteiger partial charge in [0.15, 0.2) is 0 Å². The predicted octanol–water partition coefficient (Wildman–Crippen LogP) is 4.86. The van der Waals surface area contributed by atoms with Gasteiger partial charge >= 0.3 is 0 Å². The number of hydrogen-bond donors (Lipinski definition) is 2. The smallest absolute Gasteiger partial charge is 0.255 e. The second-order valence-electron chi connectivity index (χ2n) is 7.27. The lowest BCUT2D eigenvalue weighted by molar-refractivity contribution is 0.0944. The Morgan fingerprint density at radius 1 is 0.724 bits per heavy atom. The van der Waals surface area contributed by atoms with Crippen LogP contribution in [0.4, 0.5) is 5.69 Å². The lowest BCUT2D eigenvalue weighted by Gasteiger charge is -2.14. The SMILES string of the molecule is CC(C)NC(=O)c1ccccc1NC(=O)c1ccccc1CCc1ccccc1. The molecule has 0 saturated heterocycles. The third-order valence-corrected chi connectivity index (χ3v) is 4.63. The standard InChI is InChI=1S/C25H26N2O2/c1-18(2)26-25(29)22-14-8-9-15-23(22)27-24(28)21-13-7-6-12-20(21)17-16-19-10-4-3-5-11-19/h3-15,18H,16-17H2,1-2H3,(H,26,29)(H,27,28). The molecule has 0 bridgehead atoms. The van der Waals surface area contributed by atoms with Crippen LogP contribution in [0.1, 0.15) is 45.7 Å². The van der Waals surface area contributed by atoms with Crippen molar-refractivity contribution < 1.29 is 9.59 Å². The van der Waals surface area contributed by atoms with Crippen molar-refractivity contribution in [2.24, 2.45) is 0 Å². The third-order valence-electron chi connectivity index (χ3n) is 4.63. The molecule has 0 aliphatic heterocycles. The van der Waals surface area contributed by atoms with Crippen LogP contribution in [0.5, 0.6) is 0 Å². The van der Waals surface area contributed by atoms with Gasteiger partial charge in [-0.15, -0.1) is 0 Å². The number of hydrogen-bond acceptors (Lipinski definition) is 2. The number of amides is 2. The van der Waals surface area contributed by atoms with Crippen LogP contribution in [-0.2, 0) is 12.8 Å². The van der Waals surface area contributed by atoms with Gasteiger partial charge in [0.05, 0.1) is 11.3 Å². The molecule has 3 aromatic rings. The molecule has 0 aliphatic carbocycles. The first kappa shape index (κ1) is 20.3. The molecule has 3 rings (SSSR count). The molecule has 3 aromatic carbocycles. The Hall–Kier alpha value is -3.40.